The van der Waals surface area contributed by atoms with Crippen molar-refractivity contribution in [3.05, 3.63) is 88.3 Å². The van der Waals surface area contributed by atoms with Gasteiger partial charge in [0.2, 0.25) is 0 Å². The second kappa shape index (κ2) is 8.11. The van der Waals surface area contributed by atoms with Crippen molar-refractivity contribution in [1.29, 1.82) is 0 Å². The predicted octanol–water partition coefficient (Wildman–Crippen LogP) is 2.77. The maximum absolute atomic E-state index is 12.5. The van der Waals surface area contributed by atoms with Crippen LogP contribution in [0.4, 0.5) is 0 Å². The highest BCUT2D eigenvalue weighted by atomic mass is 16.5. The van der Waals surface area contributed by atoms with Crippen LogP contribution in [0.15, 0.2) is 71.5 Å². The summed E-state index contributed by atoms with van der Waals surface area (Å²) in [5.41, 5.74) is 0.982. The zero-order valence-corrected chi connectivity index (χ0v) is 14.4. The van der Waals surface area contributed by atoms with E-state index in [0.717, 1.165) is 5.69 Å². The van der Waals surface area contributed by atoms with E-state index in [2.05, 4.69) is 10.4 Å². The summed E-state index contributed by atoms with van der Waals surface area (Å²) in [5.74, 6) is 0.863. The van der Waals surface area contributed by atoms with Crippen LogP contribution >= 0.6 is 0 Å². The molecule has 0 saturated carbocycles. The number of benzene rings is 2. The van der Waals surface area contributed by atoms with Crippen molar-refractivity contribution in [3.63, 3.8) is 0 Å². The van der Waals surface area contributed by atoms with Crippen molar-refractivity contribution < 1.29 is 9.53 Å². The van der Waals surface area contributed by atoms with E-state index in [1.54, 1.807) is 24.3 Å². The fourth-order valence-electron chi connectivity index (χ4n) is 2.44. The van der Waals surface area contributed by atoms with Gasteiger partial charge in [0.05, 0.1) is 17.8 Å². The highest BCUT2D eigenvalue weighted by Gasteiger charge is 2.12. The Bertz CT molecular complexity index is 952. The lowest BCUT2D eigenvalue weighted by Crippen LogP contribution is -2.32. The molecule has 0 spiro atoms. The van der Waals surface area contributed by atoms with Crippen LogP contribution in [0.3, 0.4) is 0 Å². The van der Waals surface area contributed by atoms with E-state index in [1.165, 1.54) is 10.7 Å². The minimum absolute atomic E-state index is 0.197. The Hall–Kier alpha value is -3.41. The number of carbonyl (C=O) groups excluding carboxylic acids is 1. The molecule has 1 aromatic heterocycles. The number of carbonyl (C=O) groups is 1. The van der Waals surface area contributed by atoms with Gasteiger partial charge in [0, 0.05) is 12.6 Å². The molecule has 0 saturated heterocycles. The summed E-state index contributed by atoms with van der Waals surface area (Å²) in [5, 5.41) is 6.95. The van der Waals surface area contributed by atoms with Crippen LogP contribution in [0, 0.1) is 6.92 Å². The van der Waals surface area contributed by atoms with Crippen LogP contribution in [0.1, 0.15) is 16.1 Å². The number of rotatable bonds is 6. The fraction of sp³-hybridized carbons (Fsp3) is 0.150. The molecule has 1 amide bonds. The Morgan fingerprint density at radius 3 is 2.58 bits per heavy atom. The molecular formula is C20H19N3O3. The van der Waals surface area contributed by atoms with Gasteiger partial charge in [-0.2, -0.15) is 5.10 Å². The van der Waals surface area contributed by atoms with E-state index in [9.17, 15) is 9.59 Å². The Morgan fingerprint density at radius 1 is 1.04 bits per heavy atom. The van der Waals surface area contributed by atoms with Crippen LogP contribution in [-0.4, -0.2) is 22.2 Å². The number of aryl methyl sites for hydroxylation is 1. The number of hydrogen-bond acceptors (Lipinski definition) is 4. The quantitative estimate of drug-likeness (QED) is 0.743. The molecule has 132 valence electrons. The van der Waals surface area contributed by atoms with Crippen molar-refractivity contribution >= 4 is 5.91 Å². The first-order chi connectivity index (χ1) is 12.6. The SMILES string of the molecule is Cc1ccc(=O)n(CCNC(=O)c2ccccc2Oc2ccccc2)n1. The van der Waals surface area contributed by atoms with Gasteiger partial charge in [-0.15, -0.1) is 0 Å². The smallest absolute Gasteiger partial charge is 0.266 e. The second-order valence-corrected chi connectivity index (χ2v) is 5.70. The fourth-order valence-corrected chi connectivity index (χ4v) is 2.44. The van der Waals surface area contributed by atoms with Gasteiger partial charge in [0.15, 0.2) is 0 Å². The summed E-state index contributed by atoms with van der Waals surface area (Å²) in [6, 6.07) is 19.4. The molecule has 1 heterocycles. The minimum Gasteiger partial charge on any atom is -0.457 e. The van der Waals surface area contributed by atoms with Gasteiger partial charge in [-0.25, -0.2) is 4.68 Å². The third-order valence-corrected chi connectivity index (χ3v) is 3.71. The second-order valence-electron chi connectivity index (χ2n) is 5.70. The van der Waals surface area contributed by atoms with Gasteiger partial charge in [-0.05, 0) is 37.3 Å². The third kappa shape index (κ3) is 4.36. The molecule has 0 atom stereocenters. The predicted molar refractivity (Wildman–Crippen MR) is 98.5 cm³/mol. The average molecular weight is 349 g/mol. The Morgan fingerprint density at radius 2 is 1.77 bits per heavy atom. The topological polar surface area (TPSA) is 73.2 Å². The van der Waals surface area contributed by atoms with Gasteiger partial charge in [-0.1, -0.05) is 30.3 Å². The maximum Gasteiger partial charge on any atom is 0.266 e. The minimum atomic E-state index is -0.266. The van der Waals surface area contributed by atoms with Crippen molar-refractivity contribution in [2.75, 3.05) is 6.54 Å². The van der Waals surface area contributed by atoms with Gasteiger partial charge in [-0.3, -0.25) is 9.59 Å². The summed E-state index contributed by atoms with van der Waals surface area (Å²) in [6.07, 6.45) is 0. The largest absolute Gasteiger partial charge is 0.457 e. The van der Waals surface area contributed by atoms with E-state index in [4.69, 9.17) is 4.74 Å². The lowest BCUT2D eigenvalue weighted by molar-refractivity contribution is 0.0949. The zero-order chi connectivity index (χ0) is 18.4. The van der Waals surface area contributed by atoms with Crippen LogP contribution in [0.25, 0.3) is 0 Å². The highest BCUT2D eigenvalue weighted by Crippen LogP contribution is 2.24. The average Bonchev–Trinajstić information content (AvgIpc) is 2.66. The molecule has 3 aromatic rings. The molecule has 0 aliphatic rings. The molecule has 0 aliphatic heterocycles. The highest BCUT2D eigenvalue weighted by molar-refractivity contribution is 5.96. The molecule has 0 aliphatic carbocycles. The molecule has 3 rings (SSSR count). The number of nitrogens with one attached hydrogen (secondary N) is 1. The Balaban J connectivity index is 1.66. The van der Waals surface area contributed by atoms with E-state index >= 15 is 0 Å². The molecule has 0 unspecified atom stereocenters. The first kappa shape index (κ1) is 17.4. The molecule has 0 bridgehead atoms. The summed E-state index contributed by atoms with van der Waals surface area (Å²) >= 11 is 0. The first-order valence-electron chi connectivity index (χ1n) is 8.28. The normalized spacial score (nSPS) is 10.3. The maximum atomic E-state index is 12.5. The molecule has 1 N–H and O–H groups in total. The van der Waals surface area contributed by atoms with Crippen LogP contribution in [-0.2, 0) is 6.54 Å². The van der Waals surface area contributed by atoms with E-state index in [-0.39, 0.29) is 18.0 Å². The lowest BCUT2D eigenvalue weighted by atomic mass is 10.2. The number of amides is 1. The van der Waals surface area contributed by atoms with Gasteiger partial charge < -0.3 is 10.1 Å². The number of aromatic nitrogens is 2. The lowest BCUT2D eigenvalue weighted by Gasteiger charge is -2.12. The van der Waals surface area contributed by atoms with Gasteiger partial charge in [0.25, 0.3) is 11.5 Å². The monoisotopic (exact) mass is 349 g/mol. The number of para-hydroxylation sites is 2. The van der Waals surface area contributed by atoms with E-state index in [0.29, 0.717) is 23.6 Å². The molecule has 6 nitrogen and oxygen atoms in total. The molecule has 0 fully saturated rings. The van der Waals surface area contributed by atoms with Crippen LogP contribution in [0.2, 0.25) is 0 Å². The molecule has 0 radical (unpaired) electrons. The zero-order valence-electron chi connectivity index (χ0n) is 14.4. The van der Waals surface area contributed by atoms with Crippen LogP contribution < -0.4 is 15.6 Å². The van der Waals surface area contributed by atoms with E-state index < -0.39 is 0 Å². The van der Waals surface area contributed by atoms with Crippen LogP contribution in [0.5, 0.6) is 11.5 Å². The summed E-state index contributed by atoms with van der Waals surface area (Å²) < 4.78 is 7.14. The van der Waals surface area contributed by atoms with Crippen molar-refractivity contribution in [2.24, 2.45) is 0 Å². The third-order valence-electron chi connectivity index (χ3n) is 3.71. The number of nitrogens with zero attached hydrogens (tertiary/aromatic N) is 2. The molecule has 6 heteroatoms. The Kier molecular flexibility index (Phi) is 5.43. The van der Waals surface area contributed by atoms with Gasteiger partial charge in [0.1, 0.15) is 11.5 Å². The Labute approximate surface area is 151 Å². The summed E-state index contributed by atoms with van der Waals surface area (Å²) in [7, 11) is 0. The molecular weight excluding hydrogens is 330 g/mol. The molecule has 2 aromatic carbocycles. The summed E-state index contributed by atoms with van der Waals surface area (Å²) in [6.45, 7) is 2.40. The van der Waals surface area contributed by atoms with Crippen molar-refractivity contribution in [3.8, 4) is 11.5 Å². The number of ether oxygens (including phenoxy) is 1. The number of hydrogen-bond donors (Lipinski definition) is 1. The molecule has 26 heavy (non-hydrogen) atoms. The van der Waals surface area contributed by atoms with Crippen molar-refractivity contribution in [1.82, 2.24) is 15.1 Å². The first-order valence-corrected chi connectivity index (χ1v) is 8.28. The van der Waals surface area contributed by atoms with Gasteiger partial charge >= 0.3 is 0 Å². The van der Waals surface area contributed by atoms with Crippen molar-refractivity contribution in [2.45, 2.75) is 13.5 Å². The standard InChI is InChI=1S/C20H19N3O3/c1-15-11-12-19(24)23(22-15)14-13-21-20(25)17-9-5-6-10-18(17)26-16-7-3-2-4-8-16/h2-12H,13-14H2,1H3,(H,21,25). The van der Waals surface area contributed by atoms with E-state index in [1.807, 2.05) is 43.3 Å². The summed E-state index contributed by atoms with van der Waals surface area (Å²) in [4.78, 5) is 24.2.